The molecule has 10 heavy (non-hydrogen) atoms. The van der Waals surface area contributed by atoms with E-state index in [2.05, 4.69) is 13.0 Å². The standard InChI is InChI=1S/C8H11N.ClH/c1-6-3-4-8(9)7(2)5-6;/h3-5H,9H2,1-2H3;1H. The van der Waals surface area contributed by atoms with Crippen LogP contribution < -0.4 is 5.73 Å². The number of nitrogen functional groups attached to an aromatic ring is 1. The molecule has 0 aromatic heterocycles. The Balaban J connectivity index is 0.000000810. The number of hydrogen-bond donors (Lipinski definition) is 1. The van der Waals surface area contributed by atoms with E-state index < -0.39 is 0 Å². The van der Waals surface area contributed by atoms with E-state index in [1.807, 2.05) is 19.1 Å². The second kappa shape index (κ2) is 3.47. The zero-order chi connectivity index (χ0) is 6.85. The van der Waals surface area contributed by atoms with Crippen LogP contribution in [0.4, 0.5) is 5.69 Å². The molecule has 0 spiro atoms. The summed E-state index contributed by atoms with van der Waals surface area (Å²) in [6.45, 7) is 4.08. The van der Waals surface area contributed by atoms with Gasteiger partial charge >= 0.3 is 0 Å². The van der Waals surface area contributed by atoms with Crippen LogP contribution in [0.5, 0.6) is 0 Å². The topological polar surface area (TPSA) is 26.0 Å². The quantitative estimate of drug-likeness (QED) is 0.575. The smallest absolute Gasteiger partial charge is 0.0343 e. The van der Waals surface area contributed by atoms with Crippen molar-refractivity contribution < 1.29 is 0 Å². The zero-order valence-electron chi connectivity index (χ0n) is 6.22. The Morgan fingerprint density at radius 3 is 2.20 bits per heavy atom. The molecule has 0 radical (unpaired) electrons. The van der Waals surface area contributed by atoms with Crippen molar-refractivity contribution in [3.63, 3.8) is 0 Å². The summed E-state index contributed by atoms with van der Waals surface area (Å²) in [5.74, 6) is 0. The Morgan fingerprint density at radius 1 is 1.20 bits per heavy atom. The number of rotatable bonds is 0. The van der Waals surface area contributed by atoms with E-state index in [1.165, 1.54) is 5.56 Å². The summed E-state index contributed by atoms with van der Waals surface area (Å²) < 4.78 is 0. The molecule has 0 aliphatic rings. The molecule has 0 saturated carbocycles. The molecule has 1 rings (SSSR count). The van der Waals surface area contributed by atoms with Gasteiger partial charge in [-0.1, -0.05) is 17.7 Å². The molecule has 56 valence electrons. The fourth-order valence-corrected chi connectivity index (χ4v) is 0.826. The second-order valence-corrected chi connectivity index (χ2v) is 2.36. The van der Waals surface area contributed by atoms with E-state index in [9.17, 15) is 0 Å². The van der Waals surface area contributed by atoms with Crippen molar-refractivity contribution in [2.45, 2.75) is 13.8 Å². The first-order valence-corrected chi connectivity index (χ1v) is 3.03. The van der Waals surface area contributed by atoms with Gasteiger partial charge in [0.2, 0.25) is 0 Å². The molecule has 1 aromatic carbocycles. The molecule has 1 nitrogen and oxygen atoms in total. The number of nitrogens with two attached hydrogens (primary N) is 1. The first-order chi connectivity index (χ1) is 4.20. The Labute approximate surface area is 67.7 Å². The van der Waals surface area contributed by atoms with Crippen molar-refractivity contribution in [2.75, 3.05) is 5.73 Å². The van der Waals surface area contributed by atoms with Gasteiger partial charge in [-0.15, -0.1) is 12.4 Å². The van der Waals surface area contributed by atoms with Gasteiger partial charge < -0.3 is 5.73 Å². The summed E-state index contributed by atoms with van der Waals surface area (Å²) >= 11 is 0. The summed E-state index contributed by atoms with van der Waals surface area (Å²) in [4.78, 5) is 0. The van der Waals surface area contributed by atoms with Gasteiger partial charge in [0.25, 0.3) is 0 Å². The fourth-order valence-electron chi connectivity index (χ4n) is 0.826. The third kappa shape index (κ3) is 1.92. The minimum atomic E-state index is 0. The molecule has 0 heterocycles. The summed E-state index contributed by atoms with van der Waals surface area (Å²) in [5, 5.41) is 0. The zero-order valence-corrected chi connectivity index (χ0v) is 7.03. The molecule has 0 unspecified atom stereocenters. The van der Waals surface area contributed by atoms with Gasteiger partial charge in [-0.05, 0) is 25.5 Å². The van der Waals surface area contributed by atoms with E-state index in [-0.39, 0.29) is 12.4 Å². The van der Waals surface area contributed by atoms with Gasteiger partial charge in [-0.25, -0.2) is 0 Å². The predicted molar refractivity (Wildman–Crippen MR) is 47.6 cm³/mol. The van der Waals surface area contributed by atoms with E-state index in [4.69, 9.17) is 5.73 Å². The highest BCUT2D eigenvalue weighted by molar-refractivity contribution is 5.85. The lowest BCUT2D eigenvalue weighted by molar-refractivity contribution is 1.39. The van der Waals surface area contributed by atoms with Crippen molar-refractivity contribution >= 4 is 18.1 Å². The lowest BCUT2D eigenvalue weighted by Crippen LogP contribution is -1.88. The molecule has 0 atom stereocenters. The van der Waals surface area contributed by atoms with E-state index >= 15 is 0 Å². The van der Waals surface area contributed by atoms with Crippen LogP contribution >= 0.6 is 12.4 Å². The predicted octanol–water partition coefficient (Wildman–Crippen LogP) is 2.31. The van der Waals surface area contributed by atoms with Crippen LogP contribution in [0.2, 0.25) is 0 Å². The highest BCUT2D eigenvalue weighted by Gasteiger charge is 1.89. The Morgan fingerprint density at radius 2 is 1.80 bits per heavy atom. The molecule has 2 heteroatoms. The van der Waals surface area contributed by atoms with Crippen LogP contribution in [-0.2, 0) is 0 Å². The maximum atomic E-state index is 5.59. The third-order valence-electron chi connectivity index (χ3n) is 1.43. The molecule has 0 aliphatic heterocycles. The highest BCUT2D eigenvalue weighted by Crippen LogP contribution is 2.10. The molecule has 1 aromatic rings. The maximum absolute atomic E-state index is 5.59. The van der Waals surface area contributed by atoms with Crippen LogP contribution in [0, 0.1) is 13.8 Å². The molecule has 0 bridgehead atoms. The number of halogens is 1. The van der Waals surface area contributed by atoms with E-state index in [1.54, 1.807) is 0 Å². The van der Waals surface area contributed by atoms with Crippen LogP contribution in [0.3, 0.4) is 0 Å². The minimum absolute atomic E-state index is 0. The molecule has 0 saturated heterocycles. The van der Waals surface area contributed by atoms with E-state index in [0.717, 1.165) is 11.3 Å². The first kappa shape index (κ1) is 9.31. The SMILES string of the molecule is Cc1ccc(N)c(C)c1.Cl. The average molecular weight is 158 g/mol. The van der Waals surface area contributed by atoms with Gasteiger partial charge in [0, 0.05) is 5.69 Å². The van der Waals surface area contributed by atoms with Gasteiger partial charge in [0.15, 0.2) is 0 Å². The molecule has 0 aliphatic carbocycles. The van der Waals surface area contributed by atoms with Crippen molar-refractivity contribution in [2.24, 2.45) is 0 Å². The lowest BCUT2D eigenvalue weighted by Gasteiger charge is -1.98. The summed E-state index contributed by atoms with van der Waals surface area (Å²) in [6.07, 6.45) is 0. The molecule has 0 amide bonds. The summed E-state index contributed by atoms with van der Waals surface area (Å²) in [5.41, 5.74) is 8.89. The van der Waals surface area contributed by atoms with Crippen LogP contribution in [-0.4, -0.2) is 0 Å². The first-order valence-electron chi connectivity index (χ1n) is 3.03. The van der Waals surface area contributed by atoms with Crippen molar-refractivity contribution in [3.05, 3.63) is 29.3 Å². The Kier molecular flexibility index (Phi) is 3.23. The maximum Gasteiger partial charge on any atom is 0.0343 e. The van der Waals surface area contributed by atoms with Crippen molar-refractivity contribution in [1.82, 2.24) is 0 Å². The van der Waals surface area contributed by atoms with Gasteiger partial charge in [-0.3, -0.25) is 0 Å². The molecular formula is C8H12ClN. The second-order valence-electron chi connectivity index (χ2n) is 2.36. The Bertz CT molecular complexity index is 220. The van der Waals surface area contributed by atoms with Gasteiger partial charge in [-0.2, -0.15) is 0 Å². The number of anilines is 1. The molecule has 0 fully saturated rings. The minimum Gasteiger partial charge on any atom is -0.399 e. The van der Waals surface area contributed by atoms with Crippen LogP contribution in [0.1, 0.15) is 11.1 Å². The monoisotopic (exact) mass is 157 g/mol. The lowest BCUT2D eigenvalue weighted by atomic mass is 10.1. The summed E-state index contributed by atoms with van der Waals surface area (Å²) in [7, 11) is 0. The molecule has 2 N–H and O–H groups in total. The van der Waals surface area contributed by atoms with Crippen molar-refractivity contribution in [3.8, 4) is 0 Å². The fraction of sp³-hybridized carbons (Fsp3) is 0.250. The summed E-state index contributed by atoms with van der Waals surface area (Å²) in [6, 6.07) is 6.03. The van der Waals surface area contributed by atoms with Gasteiger partial charge in [0.05, 0.1) is 0 Å². The van der Waals surface area contributed by atoms with Gasteiger partial charge in [0.1, 0.15) is 0 Å². The highest BCUT2D eigenvalue weighted by atomic mass is 35.5. The largest absolute Gasteiger partial charge is 0.399 e. The average Bonchev–Trinajstić information content (AvgIpc) is 1.80. The number of hydrogen-bond acceptors (Lipinski definition) is 1. The van der Waals surface area contributed by atoms with Crippen molar-refractivity contribution in [1.29, 1.82) is 0 Å². The number of benzene rings is 1. The molecular weight excluding hydrogens is 146 g/mol. The van der Waals surface area contributed by atoms with Crippen LogP contribution in [0.15, 0.2) is 18.2 Å². The van der Waals surface area contributed by atoms with E-state index in [0.29, 0.717) is 0 Å². The Hall–Kier alpha value is -0.690. The third-order valence-corrected chi connectivity index (χ3v) is 1.43. The van der Waals surface area contributed by atoms with Crippen LogP contribution in [0.25, 0.3) is 0 Å². The number of aryl methyl sites for hydroxylation is 2. The normalized spacial score (nSPS) is 8.60.